The van der Waals surface area contributed by atoms with Crippen molar-refractivity contribution in [3.63, 3.8) is 0 Å². The summed E-state index contributed by atoms with van der Waals surface area (Å²) in [7, 11) is 0. The zero-order chi connectivity index (χ0) is 42.8. The van der Waals surface area contributed by atoms with Gasteiger partial charge in [0.25, 0.3) is 0 Å². The second-order valence-electron chi connectivity index (χ2n) is 14.6. The first-order valence-corrected chi connectivity index (χ1v) is 19.6. The number of nitrogens with zero attached hydrogens (tertiary/aromatic N) is 2. The summed E-state index contributed by atoms with van der Waals surface area (Å²) in [4.78, 5) is 118. The number of amides is 6. The highest BCUT2D eigenvalue weighted by Crippen LogP contribution is 2.27. The van der Waals surface area contributed by atoms with Gasteiger partial charge < -0.3 is 63.6 Å². The van der Waals surface area contributed by atoms with E-state index in [0.717, 1.165) is 0 Å². The molecule has 21 nitrogen and oxygen atoms in total. The number of nitrogens with two attached hydrogens (primary N) is 3. The van der Waals surface area contributed by atoms with Crippen molar-refractivity contribution in [3.05, 3.63) is 0 Å². The second kappa shape index (κ2) is 24.0. The number of carboxylic acids is 3. The number of unbranched alkanes of at least 4 members (excludes halogenated alkanes) is 2. The van der Waals surface area contributed by atoms with Gasteiger partial charge in [0.15, 0.2) is 0 Å². The largest absolute Gasteiger partial charge is 0.481 e. The summed E-state index contributed by atoms with van der Waals surface area (Å²) < 4.78 is 0. The maximum absolute atomic E-state index is 14.3. The van der Waals surface area contributed by atoms with Crippen LogP contribution in [-0.4, -0.2) is 147 Å². The van der Waals surface area contributed by atoms with E-state index < -0.39 is 114 Å². The lowest BCUT2D eigenvalue weighted by molar-refractivity contribution is -0.149. The van der Waals surface area contributed by atoms with Gasteiger partial charge in [0, 0.05) is 13.1 Å². The number of hydrogen-bond donors (Lipinski definition) is 10. The molecule has 13 N–H and O–H groups in total. The number of aliphatic carboxylic acids is 3. The van der Waals surface area contributed by atoms with Gasteiger partial charge in [-0.1, -0.05) is 26.7 Å². The molecule has 57 heavy (non-hydrogen) atoms. The predicted octanol–water partition coefficient (Wildman–Crippen LogP) is -2.43. The first kappa shape index (κ1) is 48.3. The topological polar surface area (TPSA) is 347 Å². The second-order valence-corrected chi connectivity index (χ2v) is 14.6. The van der Waals surface area contributed by atoms with Crippen molar-refractivity contribution in [2.75, 3.05) is 26.2 Å². The van der Waals surface area contributed by atoms with Crippen LogP contribution in [-0.2, 0) is 43.2 Å². The molecule has 0 unspecified atom stereocenters. The molecule has 0 saturated carbocycles. The van der Waals surface area contributed by atoms with Crippen LogP contribution in [0.2, 0.25) is 0 Å². The molecule has 0 radical (unpaired) electrons. The molecule has 2 saturated heterocycles. The summed E-state index contributed by atoms with van der Waals surface area (Å²) in [6.07, 6.45) is 2.73. The lowest BCUT2D eigenvalue weighted by Crippen LogP contribution is -2.60. The Kier molecular flexibility index (Phi) is 20.3. The molecule has 0 aromatic rings. The minimum Gasteiger partial charge on any atom is -0.481 e. The zero-order valence-corrected chi connectivity index (χ0v) is 32.8. The first-order chi connectivity index (χ1) is 27.0. The van der Waals surface area contributed by atoms with Crippen molar-refractivity contribution >= 4 is 53.4 Å². The van der Waals surface area contributed by atoms with Crippen LogP contribution in [0.25, 0.3) is 0 Å². The zero-order valence-electron chi connectivity index (χ0n) is 32.8. The number of likely N-dealkylation sites (tertiary alicyclic amines) is 2. The molecule has 2 fully saturated rings. The molecule has 0 aromatic heterocycles. The third-order valence-corrected chi connectivity index (χ3v) is 10.3. The van der Waals surface area contributed by atoms with E-state index >= 15 is 0 Å². The van der Waals surface area contributed by atoms with Crippen molar-refractivity contribution < 1.29 is 58.5 Å². The van der Waals surface area contributed by atoms with Gasteiger partial charge in [-0.2, -0.15) is 0 Å². The fraction of sp³-hybridized carbons (Fsp3) is 0.750. The van der Waals surface area contributed by atoms with Gasteiger partial charge in [0.05, 0.1) is 18.9 Å². The summed E-state index contributed by atoms with van der Waals surface area (Å²) in [6.45, 7) is 4.72. The van der Waals surface area contributed by atoms with Gasteiger partial charge in [0.1, 0.15) is 36.3 Å². The van der Waals surface area contributed by atoms with E-state index in [1.807, 2.05) is 12.2 Å². The Morgan fingerprint density at radius 1 is 0.667 bits per heavy atom. The quantitative estimate of drug-likeness (QED) is 0.0429. The summed E-state index contributed by atoms with van der Waals surface area (Å²) in [5.74, 6) is -9.47. The molecule has 2 heterocycles. The van der Waals surface area contributed by atoms with Gasteiger partial charge in [0.2, 0.25) is 35.4 Å². The molecule has 0 aliphatic carbocycles. The third kappa shape index (κ3) is 14.8. The number of hydrogen-bond acceptors (Lipinski definition) is 12. The highest BCUT2D eigenvalue weighted by atomic mass is 16.4. The smallest absolute Gasteiger partial charge is 0.326 e. The normalized spacial score (nSPS) is 19.7. The SMILES string of the molecule is CC[C@H](C)[C@H](NC(=O)[C@H](CCCCN)NC(=O)[C@@H](N)CCCCN)C(=O)N1CCC[C@H]1C(=O)N1CCC[C@H]1C(=O)N[C@@H](CC(=O)O)C(=O)N[C@@H](CC(=O)O)C(=O)O. The summed E-state index contributed by atoms with van der Waals surface area (Å²) in [5, 5.41) is 37.5. The summed E-state index contributed by atoms with van der Waals surface area (Å²) in [5.41, 5.74) is 17.3. The van der Waals surface area contributed by atoms with Crippen LogP contribution in [0.15, 0.2) is 0 Å². The standard InChI is InChI=1S/C36H61N9O12/c1-3-20(2)29(43-31(51)22(11-5-7-15-38)40-30(50)21(39)10-4-6-14-37)35(55)45-17-9-13-26(45)34(54)44-16-8-12-25(44)33(53)41-23(18-27(46)47)32(52)42-24(36(56)57)19-28(48)49/h20-26,29H,3-19,37-39H2,1-2H3,(H,40,50)(H,41,53)(H,42,52)(H,43,51)(H,46,47)(H,48,49)(H,56,57)/t20-,21-,22-,23-,24-,25-,26-,29-/m0/s1. The van der Waals surface area contributed by atoms with Gasteiger partial charge in [-0.3, -0.25) is 38.4 Å². The Labute approximate surface area is 331 Å². The molecule has 0 spiro atoms. The molecule has 21 heteroatoms. The lowest BCUT2D eigenvalue weighted by atomic mass is 9.96. The number of nitrogens with one attached hydrogen (secondary N) is 4. The van der Waals surface area contributed by atoms with Gasteiger partial charge in [-0.25, -0.2) is 4.79 Å². The predicted molar refractivity (Wildman–Crippen MR) is 203 cm³/mol. The van der Waals surface area contributed by atoms with Crippen molar-refractivity contribution in [2.45, 2.75) is 140 Å². The molecule has 8 atom stereocenters. The van der Waals surface area contributed by atoms with Crippen LogP contribution in [0.3, 0.4) is 0 Å². The molecule has 0 aromatic carbocycles. The maximum Gasteiger partial charge on any atom is 0.326 e. The molecule has 6 amide bonds. The van der Waals surface area contributed by atoms with Crippen LogP contribution in [0.4, 0.5) is 0 Å². The highest BCUT2D eigenvalue weighted by Gasteiger charge is 2.45. The van der Waals surface area contributed by atoms with Gasteiger partial charge in [-0.15, -0.1) is 0 Å². The molecular weight excluding hydrogens is 750 g/mol. The highest BCUT2D eigenvalue weighted by molar-refractivity contribution is 5.98. The average molecular weight is 812 g/mol. The average Bonchev–Trinajstić information content (AvgIpc) is 3.86. The van der Waals surface area contributed by atoms with E-state index in [1.54, 1.807) is 6.92 Å². The molecule has 2 rings (SSSR count). The molecule has 0 bridgehead atoms. The van der Waals surface area contributed by atoms with Crippen LogP contribution >= 0.6 is 0 Å². The Hall–Kier alpha value is -4.89. The Morgan fingerprint density at radius 3 is 1.75 bits per heavy atom. The van der Waals surface area contributed by atoms with E-state index in [1.165, 1.54) is 9.80 Å². The van der Waals surface area contributed by atoms with Crippen LogP contribution in [0.1, 0.15) is 97.3 Å². The van der Waals surface area contributed by atoms with Gasteiger partial charge in [-0.05, 0) is 76.8 Å². The number of carboxylic acid groups (broad SMARTS) is 3. The van der Waals surface area contributed by atoms with Crippen LogP contribution in [0.5, 0.6) is 0 Å². The van der Waals surface area contributed by atoms with Crippen molar-refractivity contribution in [2.24, 2.45) is 23.1 Å². The van der Waals surface area contributed by atoms with Crippen molar-refractivity contribution in [1.82, 2.24) is 31.1 Å². The van der Waals surface area contributed by atoms with E-state index in [2.05, 4.69) is 16.0 Å². The Morgan fingerprint density at radius 2 is 1.19 bits per heavy atom. The fourth-order valence-corrected chi connectivity index (χ4v) is 6.88. The monoisotopic (exact) mass is 811 g/mol. The van der Waals surface area contributed by atoms with Crippen molar-refractivity contribution in [3.8, 4) is 0 Å². The summed E-state index contributed by atoms with van der Waals surface area (Å²) in [6, 6.07) is -8.84. The molecule has 2 aliphatic rings. The van der Waals surface area contributed by atoms with E-state index in [0.29, 0.717) is 64.5 Å². The molecular formula is C36H61N9O12. The lowest BCUT2D eigenvalue weighted by Gasteiger charge is -2.35. The number of carbonyl (C=O) groups is 9. The summed E-state index contributed by atoms with van der Waals surface area (Å²) >= 11 is 0. The van der Waals surface area contributed by atoms with E-state index in [4.69, 9.17) is 22.3 Å². The maximum atomic E-state index is 14.3. The number of rotatable bonds is 25. The van der Waals surface area contributed by atoms with Gasteiger partial charge >= 0.3 is 17.9 Å². The Balaban J connectivity index is 2.26. The molecule has 2 aliphatic heterocycles. The van der Waals surface area contributed by atoms with E-state index in [9.17, 15) is 53.4 Å². The van der Waals surface area contributed by atoms with Crippen LogP contribution in [0, 0.1) is 5.92 Å². The minimum atomic E-state index is -1.90. The first-order valence-electron chi connectivity index (χ1n) is 19.6. The fourth-order valence-electron chi connectivity index (χ4n) is 6.88. The third-order valence-electron chi connectivity index (χ3n) is 10.3. The van der Waals surface area contributed by atoms with Crippen LogP contribution < -0.4 is 38.5 Å². The Bertz CT molecular complexity index is 1450. The molecule has 322 valence electrons. The van der Waals surface area contributed by atoms with E-state index in [-0.39, 0.29) is 32.4 Å². The minimum absolute atomic E-state index is 0.106. The van der Waals surface area contributed by atoms with Crippen molar-refractivity contribution in [1.29, 1.82) is 0 Å². The number of carbonyl (C=O) groups excluding carboxylic acids is 6.